The van der Waals surface area contributed by atoms with E-state index >= 15 is 0 Å². The van der Waals surface area contributed by atoms with Crippen molar-refractivity contribution in [3.05, 3.63) is 90.5 Å². The molecule has 1 nitrogen and oxygen atoms in total. The average Bonchev–Trinajstić information content (AvgIpc) is 2.53. The van der Waals surface area contributed by atoms with Gasteiger partial charge < -0.3 is 5.11 Å². The molecular weight excluding hydrogens is 244 g/mol. The molecule has 0 aliphatic carbocycles. The van der Waals surface area contributed by atoms with Crippen molar-refractivity contribution in [1.29, 1.82) is 0 Å². The Hall–Kier alpha value is -2.38. The molecule has 0 amide bonds. The summed E-state index contributed by atoms with van der Waals surface area (Å²) < 4.78 is 0. The second-order valence-electron chi connectivity index (χ2n) is 4.41. The van der Waals surface area contributed by atoms with Gasteiger partial charge in [0.05, 0.1) is 6.61 Å². The molecule has 0 fully saturated rings. The average molecular weight is 262 g/mol. The van der Waals surface area contributed by atoms with Crippen LogP contribution in [0.25, 0.3) is 17.2 Å². The zero-order valence-corrected chi connectivity index (χ0v) is 11.4. The standard InChI is InChI=1S/C19H18O/c1-3-15-10-8-9-13-18(15)17(4-2)19(14-20)16-11-6-5-7-12-16/h3-13,20H,1-2,14H2. The molecule has 0 spiro atoms. The van der Waals surface area contributed by atoms with E-state index in [4.69, 9.17) is 0 Å². The number of hydrogen-bond acceptors (Lipinski definition) is 1. The van der Waals surface area contributed by atoms with Gasteiger partial charge in [0.15, 0.2) is 0 Å². The van der Waals surface area contributed by atoms with Crippen LogP contribution in [0, 0.1) is 0 Å². The largest absolute Gasteiger partial charge is 0.392 e. The zero-order chi connectivity index (χ0) is 14.4. The van der Waals surface area contributed by atoms with Gasteiger partial charge in [-0.05, 0) is 27.8 Å². The third-order valence-electron chi connectivity index (χ3n) is 3.28. The van der Waals surface area contributed by atoms with Crippen LogP contribution in [0.4, 0.5) is 0 Å². The topological polar surface area (TPSA) is 20.2 Å². The van der Waals surface area contributed by atoms with Gasteiger partial charge in [0.1, 0.15) is 0 Å². The number of benzene rings is 2. The highest BCUT2D eigenvalue weighted by molar-refractivity contribution is 5.97. The summed E-state index contributed by atoms with van der Waals surface area (Å²) in [6, 6.07) is 17.9. The van der Waals surface area contributed by atoms with Crippen LogP contribution in [0.15, 0.2) is 73.8 Å². The highest BCUT2D eigenvalue weighted by atomic mass is 16.3. The summed E-state index contributed by atoms with van der Waals surface area (Å²) in [6.07, 6.45) is 3.61. The second kappa shape index (κ2) is 6.69. The number of aliphatic hydroxyl groups is 1. The van der Waals surface area contributed by atoms with Gasteiger partial charge in [-0.3, -0.25) is 0 Å². The van der Waals surface area contributed by atoms with Crippen LogP contribution in [0.2, 0.25) is 0 Å². The Morgan fingerprint density at radius 3 is 2.20 bits per heavy atom. The first-order chi connectivity index (χ1) is 9.81. The van der Waals surface area contributed by atoms with Crippen LogP contribution < -0.4 is 0 Å². The highest BCUT2D eigenvalue weighted by Crippen LogP contribution is 2.29. The van der Waals surface area contributed by atoms with Crippen molar-refractivity contribution >= 4 is 17.2 Å². The Kier molecular flexibility index (Phi) is 4.70. The fourth-order valence-electron chi connectivity index (χ4n) is 2.29. The summed E-state index contributed by atoms with van der Waals surface area (Å²) in [5.41, 5.74) is 4.88. The van der Waals surface area contributed by atoms with Crippen LogP contribution in [0.1, 0.15) is 16.7 Å². The summed E-state index contributed by atoms with van der Waals surface area (Å²) in [4.78, 5) is 0. The maximum Gasteiger partial charge on any atom is 0.0693 e. The molecule has 0 aliphatic rings. The molecule has 0 saturated carbocycles. The Labute approximate surface area is 120 Å². The van der Waals surface area contributed by atoms with Crippen molar-refractivity contribution in [3.8, 4) is 0 Å². The summed E-state index contributed by atoms with van der Waals surface area (Å²) in [7, 11) is 0. The lowest BCUT2D eigenvalue weighted by atomic mass is 9.92. The monoisotopic (exact) mass is 262 g/mol. The Bertz CT molecular complexity index is 636. The predicted octanol–water partition coefficient (Wildman–Crippen LogP) is 4.42. The van der Waals surface area contributed by atoms with E-state index in [2.05, 4.69) is 13.2 Å². The highest BCUT2D eigenvalue weighted by Gasteiger charge is 2.10. The molecule has 0 aliphatic heterocycles. The maximum absolute atomic E-state index is 9.77. The minimum Gasteiger partial charge on any atom is -0.392 e. The van der Waals surface area contributed by atoms with Gasteiger partial charge in [0, 0.05) is 0 Å². The van der Waals surface area contributed by atoms with Gasteiger partial charge in [-0.2, -0.15) is 0 Å². The fourth-order valence-corrected chi connectivity index (χ4v) is 2.29. The third kappa shape index (κ3) is 2.79. The van der Waals surface area contributed by atoms with E-state index in [-0.39, 0.29) is 6.61 Å². The van der Waals surface area contributed by atoms with Crippen LogP contribution in [0.5, 0.6) is 0 Å². The van der Waals surface area contributed by atoms with Crippen LogP contribution >= 0.6 is 0 Å². The molecule has 0 bridgehead atoms. The molecule has 100 valence electrons. The third-order valence-corrected chi connectivity index (χ3v) is 3.28. The van der Waals surface area contributed by atoms with E-state index in [1.807, 2.05) is 60.7 Å². The van der Waals surface area contributed by atoms with E-state index in [9.17, 15) is 5.11 Å². The normalized spacial score (nSPS) is 11.7. The summed E-state index contributed by atoms with van der Waals surface area (Å²) >= 11 is 0. The van der Waals surface area contributed by atoms with E-state index in [1.165, 1.54) is 0 Å². The molecular formula is C19H18O. The lowest BCUT2D eigenvalue weighted by Crippen LogP contribution is -1.97. The van der Waals surface area contributed by atoms with Crippen molar-refractivity contribution < 1.29 is 5.11 Å². The molecule has 0 saturated heterocycles. The molecule has 20 heavy (non-hydrogen) atoms. The molecule has 1 heteroatoms. The van der Waals surface area contributed by atoms with Crippen molar-refractivity contribution in [2.45, 2.75) is 0 Å². The first-order valence-electron chi connectivity index (χ1n) is 6.55. The van der Waals surface area contributed by atoms with Crippen molar-refractivity contribution in [2.24, 2.45) is 0 Å². The SMILES string of the molecule is C=CC(=C(CO)c1ccccc1)c1ccccc1C=C. The van der Waals surface area contributed by atoms with Gasteiger partial charge in [-0.25, -0.2) is 0 Å². The van der Waals surface area contributed by atoms with Crippen LogP contribution in [0.3, 0.4) is 0 Å². The molecule has 1 N–H and O–H groups in total. The van der Waals surface area contributed by atoms with E-state index in [0.717, 1.165) is 27.8 Å². The minimum atomic E-state index is -0.0309. The van der Waals surface area contributed by atoms with Gasteiger partial charge in [0.2, 0.25) is 0 Å². The number of allylic oxidation sites excluding steroid dienone is 2. The van der Waals surface area contributed by atoms with E-state index in [1.54, 1.807) is 6.08 Å². The van der Waals surface area contributed by atoms with Crippen molar-refractivity contribution in [2.75, 3.05) is 6.61 Å². The Morgan fingerprint density at radius 2 is 1.60 bits per heavy atom. The van der Waals surface area contributed by atoms with Gasteiger partial charge in [-0.1, -0.05) is 79.9 Å². The van der Waals surface area contributed by atoms with Gasteiger partial charge in [0.25, 0.3) is 0 Å². The number of aliphatic hydroxyl groups excluding tert-OH is 1. The zero-order valence-electron chi connectivity index (χ0n) is 11.4. The lowest BCUT2D eigenvalue weighted by molar-refractivity contribution is 0.350. The molecule has 0 radical (unpaired) electrons. The predicted molar refractivity (Wildman–Crippen MR) is 87.1 cm³/mol. The van der Waals surface area contributed by atoms with Crippen LogP contribution in [-0.2, 0) is 0 Å². The quantitative estimate of drug-likeness (QED) is 0.624. The molecule has 0 atom stereocenters. The summed E-state index contributed by atoms with van der Waals surface area (Å²) in [5.74, 6) is 0. The molecule has 2 aromatic rings. The first kappa shape index (κ1) is 14.0. The first-order valence-corrected chi connectivity index (χ1v) is 6.55. The molecule has 0 aromatic heterocycles. The van der Waals surface area contributed by atoms with Crippen LogP contribution in [-0.4, -0.2) is 11.7 Å². The second-order valence-corrected chi connectivity index (χ2v) is 4.41. The Balaban J connectivity index is 2.67. The van der Waals surface area contributed by atoms with E-state index in [0.29, 0.717) is 0 Å². The molecule has 2 aromatic carbocycles. The Morgan fingerprint density at radius 1 is 0.950 bits per heavy atom. The van der Waals surface area contributed by atoms with Crippen molar-refractivity contribution in [3.63, 3.8) is 0 Å². The summed E-state index contributed by atoms with van der Waals surface area (Å²) in [5, 5.41) is 9.77. The van der Waals surface area contributed by atoms with Gasteiger partial charge >= 0.3 is 0 Å². The number of hydrogen-bond donors (Lipinski definition) is 1. The molecule has 0 unspecified atom stereocenters. The molecule has 2 rings (SSSR count). The lowest BCUT2D eigenvalue weighted by Gasteiger charge is -2.13. The fraction of sp³-hybridized carbons (Fsp3) is 0.0526. The summed E-state index contributed by atoms with van der Waals surface area (Å²) in [6.45, 7) is 7.72. The minimum absolute atomic E-state index is 0.0309. The van der Waals surface area contributed by atoms with Gasteiger partial charge in [-0.15, -0.1) is 0 Å². The maximum atomic E-state index is 9.77. The smallest absolute Gasteiger partial charge is 0.0693 e. The van der Waals surface area contributed by atoms with E-state index < -0.39 is 0 Å². The number of rotatable bonds is 5. The van der Waals surface area contributed by atoms with Crippen molar-refractivity contribution in [1.82, 2.24) is 0 Å². The molecule has 0 heterocycles.